The van der Waals surface area contributed by atoms with E-state index in [0.29, 0.717) is 13.0 Å². The molecule has 0 bridgehead atoms. The van der Waals surface area contributed by atoms with Gasteiger partial charge in [-0.1, -0.05) is 11.6 Å². The summed E-state index contributed by atoms with van der Waals surface area (Å²) in [5, 5.41) is 14.7. The van der Waals surface area contributed by atoms with Crippen LogP contribution < -0.4 is 5.32 Å². The van der Waals surface area contributed by atoms with E-state index >= 15 is 0 Å². The van der Waals surface area contributed by atoms with E-state index in [1.54, 1.807) is 13.8 Å². The van der Waals surface area contributed by atoms with Crippen molar-refractivity contribution in [3.63, 3.8) is 0 Å². The number of nitrogens with zero attached hydrogens (tertiary/aromatic N) is 1. The van der Waals surface area contributed by atoms with E-state index in [2.05, 4.69) is 10.5 Å². The van der Waals surface area contributed by atoms with Gasteiger partial charge in [-0.15, -0.1) is 0 Å². The molecule has 0 aliphatic rings. The normalized spacial score (nSPS) is 9.53. The van der Waals surface area contributed by atoms with Crippen LogP contribution in [0.2, 0.25) is 0 Å². The molecular formula is C11H20N2O4. The van der Waals surface area contributed by atoms with E-state index < -0.39 is 5.97 Å². The summed E-state index contributed by atoms with van der Waals surface area (Å²) in [4.78, 5) is 26.1. The third kappa shape index (κ3) is 12.3. The number of nitrogens with one attached hydrogen (secondary N) is 1. The standard InChI is InChI=1S/C11H20N2O4/c1-9(2)13-17-8-10(14)12-7-5-3-4-6-11(15)16/h3-8H2,1-2H3,(H,12,14)(H,15,16). The van der Waals surface area contributed by atoms with Gasteiger partial charge in [0.15, 0.2) is 6.61 Å². The van der Waals surface area contributed by atoms with Crippen molar-refractivity contribution in [2.24, 2.45) is 5.16 Å². The molecule has 0 aromatic rings. The highest BCUT2D eigenvalue weighted by atomic mass is 16.6. The zero-order chi connectivity index (χ0) is 13.1. The number of rotatable bonds is 9. The van der Waals surface area contributed by atoms with Gasteiger partial charge in [-0.3, -0.25) is 9.59 Å². The number of carboxylic acid groups (broad SMARTS) is 1. The highest BCUT2D eigenvalue weighted by Gasteiger charge is 2.01. The lowest BCUT2D eigenvalue weighted by Crippen LogP contribution is -2.27. The molecule has 0 unspecified atom stereocenters. The molecule has 0 atom stereocenters. The van der Waals surface area contributed by atoms with E-state index in [-0.39, 0.29) is 18.9 Å². The van der Waals surface area contributed by atoms with Crippen LogP contribution in [0.4, 0.5) is 0 Å². The van der Waals surface area contributed by atoms with Gasteiger partial charge >= 0.3 is 5.97 Å². The van der Waals surface area contributed by atoms with E-state index in [0.717, 1.165) is 18.6 Å². The molecule has 0 rings (SSSR count). The first kappa shape index (κ1) is 15.4. The van der Waals surface area contributed by atoms with Gasteiger partial charge in [0.2, 0.25) is 0 Å². The lowest BCUT2D eigenvalue weighted by atomic mass is 10.2. The van der Waals surface area contributed by atoms with Crippen LogP contribution in [-0.2, 0) is 14.4 Å². The van der Waals surface area contributed by atoms with E-state index in [4.69, 9.17) is 9.94 Å². The van der Waals surface area contributed by atoms with Crippen LogP contribution in [0.5, 0.6) is 0 Å². The van der Waals surface area contributed by atoms with E-state index in [1.807, 2.05) is 0 Å². The first-order valence-corrected chi connectivity index (χ1v) is 5.64. The van der Waals surface area contributed by atoms with Gasteiger partial charge in [0.05, 0.1) is 5.71 Å². The molecule has 0 saturated heterocycles. The molecular weight excluding hydrogens is 224 g/mol. The third-order valence-electron chi connectivity index (χ3n) is 1.83. The SMILES string of the molecule is CC(C)=NOCC(=O)NCCCCCC(=O)O. The van der Waals surface area contributed by atoms with Crippen molar-refractivity contribution in [2.75, 3.05) is 13.2 Å². The smallest absolute Gasteiger partial charge is 0.303 e. The monoisotopic (exact) mass is 244 g/mol. The molecule has 17 heavy (non-hydrogen) atoms. The first-order valence-electron chi connectivity index (χ1n) is 5.64. The summed E-state index contributed by atoms with van der Waals surface area (Å²) in [6.45, 7) is 4.01. The van der Waals surface area contributed by atoms with Crippen LogP contribution in [-0.4, -0.2) is 35.8 Å². The zero-order valence-electron chi connectivity index (χ0n) is 10.4. The van der Waals surface area contributed by atoms with E-state index in [1.165, 1.54) is 0 Å². The Hall–Kier alpha value is -1.59. The highest BCUT2D eigenvalue weighted by molar-refractivity contribution is 5.79. The number of carbonyl (C=O) groups is 2. The predicted octanol–water partition coefficient (Wildman–Crippen LogP) is 1.16. The minimum absolute atomic E-state index is 0.0830. The Kier molecular flexibility index (Phi) is 8.72. The lowest BCUT2D eigenvalue weighted by molar-refractivity contribution is -0.137. The van der Waals surface area contributed by atoms with Crippen molar-refractivity contribution >= 4 is 17.6 Å². The topological polar surface area (TPSA) is 88.0 Å². The second-order valence-electron chi connectivity index (χ2n) is 3.87. The summed E-state index contributed by atoms with van der Waals surface area (Å²) < 4.78 is 0. The van der Waals surface area contributed by atoms with Gasteiger partial charge in [-0.05, 0) is 26.7 Å². The molecule has 0 aromatic heterocycles. The van der Waals surface area contributed by atoms with Gasteiger partial charge in [0.1, 0.15) is 0 Å². The van der Waals surface area contributed by atoms with Crippen LogP contribution in [0.1, 0.15) is 39.5 Å². The van der Waals surface area contributed by atoms with Crippen molar-refractivity contribution in [3.8, 4) is 0 Å². The van der Waals surface area contributed by atoms with Gasteiger partial charge < -0.3 is 15.3 Å². The third-order valence-corrected chi connectivity index (χ3v) is 1.83. The second kappa shape index (κ2) is 9.62. The number of unbranched alkanes of at least 4 members (excludes halogenated alkanes) is 2. The number of hydrogen-bond donors (Lipinski definition) is 2. The number of amides is 1. The van der Waals surface area contributed by atoms with Crippen LogP contribution in [0.25, 0.3) is 0 Å². The number of carbonyl (C=O) groups excluding carboxylic acids is 1. The van der Waals surface area contributed by atoms with E-state index in [9.17, 15) is 9.59 Å². The van der Waals surface area contributed by atoms with Crippen LogP contribution in [0.3, 0.4) is 0 Å². The van der Waals surface area contributed by atoms with Gasteiger partial charge in [-0.25, -0.2) is 0 Å². The van der Waals surface area contributed by atoms with Gasteiger partial charge in [0, 0.05) is 13.0 Å². The Bertz CT molecular complexity index is 273. The maximum Gasteiger partial charge on any atom is 0.303 e. The summed E-state index contributed by atoms with van der Waals surface area (Å²) in [5.41, 5.74) is 0.756. The average Bonchev–Trinajstić information content (AvgIpc) is 2.22. The molecule has 0 fully saturated rings. The molecule has 6 nitrogen and oxygen atoms in total. The Labute approximate surface area is 101 Å². The Morgan fingerprint density at radius 3 is 2.53 bits per heavy atom. The van der Waals surface area contributed by atoms with Crippen LogP contribution in [0.15, 0.2) is 5.16 Å². The fourth-order valence-corrected chi connectivity index (χ4v) is 1.08. The number of carboxylic acids is 1. The summed E-state index contributed by atoms with van der Waals surface area (Å²) in [7, 11) is 0. The number of hydrogen-bond acceptors (Lipinski definition) is 4. The molecule has 2 N–H and O–H groups in total. The van der Waals surface area contributed by atoms with Crippen molar-refractivity contribution in [3.05, 3.63) is 0 Å². The summed E-state index contributed by atoms with van der Waals surface area (Å²) in [6.07, 6.45) is 2.39. The minimum Gasteiger partial charge on any atom is -0.481 e. The quantitative estimate of drug-likeness (QED) is 0.362. The molecule has 1 amide bonds. The zero-order valence-corrected chi connectivity index (χ0v) is 10.4. The highest BCUT2D eigenvalue weighted by Crippen LogP contribution is 1.98. The number of oxime groups is 1. The van der Waals surface area contributed by atoms with Gasteiger partial charge in [-0.2, -0.15) is 0 Å². The summed E-state index contributed by atoms with van der Waals surface area (Å²) in [6, 6.07) is 0. The first-order chi connectivity index (χ1) is 8.02. The Balaban J connectivity index is 3.33. The lowest BCUT2D eigenvalue weighted by Gasteiger charge is -2.03. The molecule has 0 radical (unpaired) electrons. The summed E-state index contributed by atoms with van der Waals surface area (Å²) in [5.74, 6) is -0.997. The minimum atomic E-state index is -0.782. The average molecular weight is 244 g/mol. The molecule has 0 spiro atoms. The Morgan fingerprint density at radius 1 is 1.24 bits per heavy atom. The molecule has 0 aliphatic heterocycles. The molecule has 6 heteroatoms. The van der Waals surface area contributed by atoms with Crippen LogP contribution >= 0.6 is 0 Å². The summed E-state index contributed by atoms with van der Waals surface area (Å²) >= 11 is 0. The van der Waals surface area contributed by atoms with Crippen molar-refractivity contribution in [1.29, 1.82) is 0 Å². The molecule has 0 aliphatic carbocycles. The van der Waals surface area contributed by atoms with Crippen molar-refractivity contribution in [2.45, 2.75) is 39.5 Å². The Morgan fingerprint density at radius 2 is 1.94 bits per heavy atom. The van der Waals surface area contributed by atoms with Crippen molar-refractivity contribution < 1.29 is 19.5 Å². The fraction of sp³-hybridized carbons (Fsp3) is 0.727. The molecule has 98 valence electrons. The van der Waals surface area contributed by atoms with Crippen LogP contribution in [0, 0.1) is 0 Å². The molecule has 0 heterocycles. The second-order valence-corrected chi connectivity index (χ2v) is 3.87. The molecule has 0 saturated carbocycles. The predicted molar refractivity (Wildman–Crippen MR) is 63.8 cm³/mol. The number of aliphatic carboxylic acids is 1. The van der Waals surface area contributed by atoms with Gasteiger partial charge in [0.25, 0.3) is 5.91 Å². The maximum atomic E-state index is 11.2. The van der Waals surface area contributed by atoms with Crippen molar-refractivity contribution in [1.82, 2.24) is 5.32 Å². The largest absolute Gasteiger partial charge is 0.481 e. The fourth-order valence-electron chi connectivity index (χ4n) is 1.08. The maximum absolute atomic E-state index is 11.2. The molecule has 0 aromatic carbocycles.